The minimum Gasteiger partial charge on any atom is -0.375 e. The third kappa shape index (κ3) is 3.05. The quantitative estimate of drug-likeness (QED) is 0.165. The minimum atomic E-state index is 0.0136. The summed E-state index contributed by atoms with van der Waals surface area (Å²) >= 11 is 1.94. The summed E-state index contributed by atoms with van der Waals surface area (Å²) in [5.41, 5.74) is 11.8. The Morgan fingerprint density at radius 1 is 0.479 bits per heavy atom. The standard InChI is InChI=1S/C44H25BN2S/c1-2-12-28-24-29(22-20-26(28)10-1)46-37-23-21-27-11-3-4-13-30(27)41(37)45-42-38(46)25-35-32-15-6-8-19-39(32)48-44(35)40(42)34-17-9-16-33-31-14-5-7-18-36(31)47(45)43(33)34/h1-25H. The summed E-state index contributed by atoms with van der Waals surface area (Å²) in [6, 6.07) is 56.7. The van der Waals surface area contributed by atoms with E-state index in [0.717, 1.165) is 0 Å². The van der Waals surface area contributed by atoms with Crippen molar-refractivity contribution in [1.29, 1.82) is 0 Å². The van der Waals surface area contributed by atoms with Gasteiger partial charge in [0, 0.05) is 70.2 Å². The van der Waals surface area contributed by atoms with Gasteiger partial charge in [0.25, 0.3) is 0 Å². The van der Waals surface area contributed by atoms with E-state index >= 15 is 0 Å². The van der Waals surface area contributed by atoms with Gasteiger partial charge in [-0.25, -0.2) is 0 Å². The largest absolute Gasteiger partial charge is 0.375 e. The molecule has 0 saturated carbocycles. The molecule has 2 aliphatic heterocycles. The van der Waals surface area contributed by atoms with Crippen LogP contribution in [-0.2, 0) is 0 Å². The zero-order valence-corrected chi connectivity index (χ0v) is 26.6. The smallest absolute Gasteiger partial charge is 0.333 e. The number of hydrogen-bond donors (Lipinski definition) is 0. The number of nitrogens with zero attached hydrogens (tertiary/aromatic N) is 2. The number of para-hydroxylation sites is 2. The fraction of sp³-hybridized carbons (Fsp3) is 0. The maximum atomic E-state index is 2.67. The molecule has 2 aromatic heterocycles. The van der Waals surface area contributed by atoms with E-state index in [2.05, 4.69) is 161 Å². The normalized spacial score (nSPS) is 13.3. The fourth-order valence-corrected chi connectivity index (χ4v) is 10.3. The molecule has 0 N–H and O–H groups in total. The molecule has 2 nitrogen and oxygen atoms in total. The molecule has 10 aromatic rings. The van der Waals surface area contributed by atoms with Gasteiger partial charge < -0.3 is 9.38 Å². The van der Waals surface area contributed by atoms with Crippen LogP contribution < -0.4 is 15.8 Å². The van der Waals surface area contributed by atoms with Crippen LogP contribution >= 0.6 is 11.3 Å². The Kier molecular flexibility index (Phi) is 4.71. The van der Waals surface area contributed by atoms with Crippen LogP contribution in [0.25, 0.3) is 74.6 Å². The summed E-state index contributed by atoms with van der Waals surface area (Å²) in [4.78, 5) is 2.56. The van der Waals surface area contributed by atoms with Gasteiger partial charge in [0.1, 0.15) is 0 Å². The Balaban J connectivity index is 1.34. The monoisotopic (exact) mass is 624 g/mol. The van der Waals surface area contributed by atoms with E-state index < -0.39 is 0 Å². The highest BCUT2D eigenvalue weighted by Gasteiger charge is 2.44. The molecule has 48 heavy (non-hydrogen) atoms. The molecule has 4 heterocycles. The lowest BCUT2D eigenvalue weighted by molar-refractivity contribution is 1.27. The van der Waals surface area contributed by atoms with Crippen molar-refractivity contribution in [2.75, 3.05) is 4.90 Å². The van der Waals surface area contributed by atoms with Gasteiger partial charge in [-0.3, -0.25) is 0 Å². The van der Waals surface area contributed by atoms with Gasteiger partial charge >= 0.3 is 6.85 Å². The molecular weight excluding hydrogens is 599 g/mol. The van der Waals surface area contributed by atoms with Gasteiger partial charge in [0.2, 0.25) is 0 Å². The molecular formula is C44H25BN2S. The van der Waals surface area contributed by atoms with E-state index in [9.17, 15) is 0 Å². The first-order valence-corrected chi connectivity index (χ1v) is 17.5. The topological polar surface area (TPSA) is 8.17 Å². The van der Waals surface area contributed by atoms with Crippen LogP contribution in [0.4, 0.5) is 17.1 Å². The zero-order chi connectivity index (χ0) is 31.1. The summed E-state index contributed by atoms with van der Waals surface area (Å²) in [5, 5.41) is 10.4. The molecule has 2 aliphatic rings. The molecule has 0 aliphatic carbocycles. The second kappa shape index (κ2) is 8.94. The predicted molar refractivity (Wildman–Crippen MR) is 208 cm³/mol. The maximum absolute atomic E-state index is 2.67. The predicted octanol–water partition coefficient (Wildman–Crippen LogP) is 10.9. The summed E-state index contributed by atoms with van der Waals surface area (Å²) < 4.78 is 5.39. The molecule has 0 radical (unpaired) electrons. The summed E-state index contributed by atoms with van der Waals surface area (Å²) in [6.07, 6.45) is 0. The SMILES string of the molecule is c1ccc2cc(N3c4cc5c(sc6ccccc65)c5c4B(c4c3ccc3ccccc43)n3c4ccccc4c4cccc-5c43)ccc2c1. The van der Waals surface area contributed by atoms with Crippen molar-refractivity contribution in [2.24, 2.45) is 0 Å². The average Bonchev–Trinajstić information content (AvgIpc) is 3.69. The van der Waals surface area contributed by atoms with Gasteiger partial charge in [-0.15, -0.1) is 11.3 Å². The molecule has 0 saturated heterocycles. The number of aromatic nitrogens is 1. The van der Waals surface area contributed by atoms with E-state index in [0.29, 0.717) is 0 Å². The van der Waals surface area contributed by atoms with Crippen LogP contribution in [0.15, 0.2) is 152 Å². The molecule has 0 spiro atoms. The number of anilines is 3. The van der Waals surface area contributed by atoms with Gasteiger partial charge in [-0.1, -0.05) is 115 Å². The van der Waals surface area contributed by atoms with Gasteiger partial charge in [0.15, 0.2) is 0 Å². The molecule has 0 amide bonds. The second-order valence-corrected chi connectivity index (χ2v) is 14.3. The number of benzene rings is 8. The molecule has 0 unspecified atom stereocenters. The Morgan fingerprint density at radius 3 is 2.12 bits per heavy atom. The van der Waals surface area contributed by atoms with Crippen molar-refractivity contribution in [3.05, 3.63) is 152 Å². The fourth-order valence-electron chi connectivity index (χ4n) is 9.00. The van der Waals surface area contributed by atoms with Crippen LogP contribution in [0.5, 0.6) is 0 Å². The molecule has 0 bridgehead atoms. The maximum Gasteiger partial charge on any atom is 0.333 e. The molecule has 0 atom stereocenters. The van der Waals surface area contributed by atoms with E-state index in [-0.39, 0.29) is 6.85 Å². The van der Waals surface area contributed by atoms with E-state index in [1.54, 1.807) is 0 Å². The lowest BCUT2D eigenvalue weighted by Gasteiger charge is -2.41. The van der Waals surface area contributed by atoms with Crippen LogP contribution in [0, 0.1) is 0 Å². The van der Waals surface area contributed by atoms with E-state index in [1.807, 2.05) is 11.3 Å². The van der Waals surface area contributed by atoms with E-state index in [4.69, 9.17) is 0 Å². The van der Waals surface area contributed by atoms with Crippen molar-refractivity contribution in [1.82, 2.24) is 4.48 Å². The molecule has 220 valence electrons. The Hall–Kier alpha value is -5.84. The van der Waals surface area contributed by atoms with Crippen molar-refractivity contribution in [2.45, 2.75) is 0 Å². The van der Waals surface area contributed by atoms with Crippen molar-refractivity contribution in [3.63, 3.8) is 0 Å². The van der Waals surface area contributed by atoms with Crippen LogP contribution in [-0.4, -0.2) is 11.3 Å². The number of thiophene rings is 1. The number of fused-ring (bicyclic) bond motifs is 14. The van der Waals surface area contributed by atoms with Crippen LogP contribution in [0.3, 0.4) is 0 Å². The zero-order valence-electron chi connectivity index (χ0n) is 25.8. The highest BCUT2D eigenvalue weighted by molar-refractivity contribution is 7.26. The summed E-state index contributed by atoms with van der Waals surface area (Å²) in [6.45, 7) is 0.0136. The lowest BCUT2D eigenvalue weighted by Crippen LogP contribution is -2.57. The van der Waals surface area contributed by atoms with Crippen molar-refractivity contribution >= 4 is 110 Å². The lowest BCUT2D eigenvalue weighted by atomic mass is 9.44. The second-order valence-electron chi connectivity index (χ2n) is 13.2. The van der Waals surface area contributed by atoms with Gasteiger partial charge in [0.05, 0.1) is 0 Å². The summed E-state index contributed by atoms with van der Waals surface area (Å²) in [7, 11) is 0. The third-order valence-corrected chi connectivity index (χ3v) is 12.1. The summed E-state index contributed by atoms with van der Waals surface area (Å²) in [5.74, 6) is 0. The molecule has 0 fully saturated rings. The number of rotatable bonds is 1. The molecule has 8 aromatic carbocycles. The highest BCUT2D eigenvalue weighted by atomic mass is 32.1. The first-order chi connectivity index (χ1) is 23.8. The first kappa shape index (κ1) is 25.3. The molecule has 4 heteroatoms. The average molecular weight is 625 g/mol. The van der Waals surface area contributed by atoms with Crippen LogP contribution in [0.1, 0.15) is 0 Å². The number of hydrogen-bond acceptors (Lipinski definition) is 2. The van der Waals surface area contributed by atoms with Gasteiger partial charge in [-0.2, -0.15) is 0 Å². The van der Waals surface area contributed by atoms with Gasteiger partial charge in [-0.05, 0) is 68.9 Å². The third-order valence-electron chi connectivity index (χ3n) is 10.9. The first-order valence-electron chi connectivity index (χ1n) is 16.6. The molecule has 12 rings (SSSR count). The minimum absolute atomic E-state index is 0.0136. The Morgan fingerprint density at radius 2 is 1.21 bits per heavy atom. The van der Waals surface area contributed by atoms with Crippen molar-refractivity contribution < 1.29 is 0 Å². The highest BCUT2D eigenvalue weighted by Crippen LogP contribution is 2.51. The Bertz CT molecular complexity index is 3040. The Labute approximate surface area is 280 Å². The van der Waals surface area contributed by atoms with E-state index in [1.165, 1.54) is 103 Å². The van der Waals surface area contributed by atoms with Crippen LogP contribution in [0.2, 0.25) is 0 Å². The van der Waals surface area contributed by atoms with Crippen molar-refractivity contribution in [3.8, 4) is 11.1 Å².